The van der Waals surface area contributed by atoms with Crippen LogP contribution in [0.2, 0.25) is 0 Å². The number of aliphatic carboxylic acids is 1. The summed E-state index contributed by atoms with van der Waals surface area (Å²) >= 11 is 0. The monoisotopic (exact) mass is 340 g/mol. The van der Waals surface area contributed by atoms with E-state index in [1.165, 1.54) is 5.56 Å². The maximum Gasteiger partial charge on any atom is 0.306 e. The summed E-state index contributed by atoms with van der Waals surface area (Å²) in [6, 6.07) is 12.4. The molecule has 0 spiro atoms. The number of rotatable bonds is 6. The minimum absolute atomic E-state index is 0.169. The predicted octanol–water partition coefficient (Wildman–Crippen LogP) is 4.17. The quantitative estimate of drug-likeness (QED) is 0.826. The maximum absolute atomic E-state index is 11.0. The number of aromatic nitrogens is 1. The van der Waals surface area contributed by atoms with Gasteiger partial charge in [-0.2, -0.15) is 0 Å². The molecule has 0 amide bonds. The van der Waals surface area contributed by atoms with Crippen molar-refractivity contribution in [2.24, 2.45) is 5.92 Å². The van der Waals surface area contributed by atoms with Gasteiger partial charge in [0, 0.05) is 18.3 Å². The number of carboxylic acid groups (broad SMARTS) is 1. The second-order valence-corrected chi connectivity index (χ2v) is 6.63. The lowest BCUT2D eigenvalue weighted by Gasteiger charge is -2.29. The lowest BCUT2D eigenvalue weighted by molar-refractivity contribution is -0.142. The lowest BCUT2D eigenvalue weighted by atomic mass is 9.85. The Morgan fingerprint density at radius 3 is 2.48 bits per heavy atom. The van der Waals surface area contributed by atoms with Gasteiger partial charge in [0.1, 0.15) is 11.5 Å². The molecule has 25 heavy (non-hydrogen) atoms. The molecule has 1 fully saturated rings. The first kappa shape index (κ1) is 17.4. The van der Waals surface area contributed by atoms with E-state index in [2.05, 4.69) is 29.4 Å². The first-order valence-electron chi connectivity index (χ1n) is 8.78. The number of ether oxygens (including phenoxy) is 1. The van der Waals surface area contributed by atoms with Crippen LogP contribution in [0.3, 0.4) is 0 Å². The van der Waals surface area contributed by atoms with Gasteiger partial charge in [-0.1, -0.05) is 12.1 Å². The van der Waals surface area contributed by atoms with Gasteiger partial charge in [-0.25, -0.2) is 0 Å². The molecule has 2 N–H and O–H groups in total. The summed E-state index contributed by atoms with van der Waals surface area (Å²) in [7, 11) is 0. The van der Waals surface area contributed by atoms with Crippen molar-refractivity contribution in [2.75, 3.05) is 0 Å². The Balaban J connectivity index is 1.52. The van der Waals surface area contributed by atoms with Gasteiger partial charge in [0.25, 0.3) is 0 Å². The third-order valence-corrected chi connectivity index (χ3v) is 4.81. The highest BCUT2D eigenvalue weighted by molar-refractivity contribution is 5.70. The Morgan fingerprint density at radius 1 is 1.16 bits per heavy atom. The summed E-state index contributed by atoms with van der Waals surface area (Å²) in [4.78, 5) is 15.1. The Morgan fingerprint density at radius 2 is 1.88 bits per heavy atom. The Bertz CT molecular complexity index is 680. The normalized spacial score (nSPS) is 21.5. The van der Waals surface area contributed by atoms with Crippen LogP contribution in [-0.2, 0) is 4.79 Å². The number of nitrogens with one attached hydrogen (secondary N) is 1. The van der Waals surface area contributed by atoms with Crippen molar-refractivity contribution in [1.82, 2.24) is 10.3 Å². The summed E-state index contributed by atoms with van der Waals surface area (Å²) in [6.45, 7) is 2.14. The highest BCUT2D eigenvalue weighted by atomic mass is 16.5. The fourth-order valence-electron chi connectivity index (χ4n) is 3.32. The smallest absolute Gasteiger partial charge is 0.306 e. The van der Waals surface area contributed by atoms with Gasteiger partial charge >= 0.3 is 5.97 Å². The molecule has 5 nitrogen and oxygen atoms in total. The summed E-state index contributed by atoms with van der Waals surface area (Å²) in [5.74, 6) is 0.676. The first-order valence-corrected chi connectivity index (χ1v) is 8.78. The topological polar surface area (TPSA) is 71.5 Å². The number of hydrogen-bond acceptors (Lipinski definition) is 4. The number of hydrogen-bond donors (Lipinski definition) is 2. The molecule has 3 rings (SSSR count). The average molecular weight is 340 g/mol. The molecule has 0 saturated heterocycles. The molecule has 132 valence electrons. The highest BCUT2D eigenvalue weighted by Gasteiger charge is 2.26. The average Bonchev–Trinajstić information content (AvgIpc) is 2.63. The van der Waals surface area contributed by atoms with E-state index < -0.39 is 5.97 Å². The second-order valence-electron chi connectivity index (χ2n) is 6.63. The van der Waals surface area contributed by atoms with Crippen LogP contribution in [0, 0.1) is 5.92 Å². The highest BCUT2D eigenvalue weighted by Crippen LogP contribution is 2.27. The van der Waals surface area contributed by atoms with E-state index in [1.54, 1.807) is 12.4 Å². The Kier molecular flexibility index (Phi) is 5.66. The third-order valence-electron chi connectivity index (χ3n) is 4.81. The van der Waals surface area contributed by atoms with Crippen molar-refractivity contribution in [3.63, 3.8) is 0 Å². The van der Waals surface area contributed by atoms with E-state index in [9.17, 15) is 4.79 Å². The summed E-state index contributed by atoms with van der Waals surface area (Å²) < 4.78 is 5.76. The Labute approximate surface area is 148 Å². The molecule has 1 aliphatic carbocycles. The van der Waals surface area contributed by atoms with Crippen LogP contribution < -0.4 is 10.1 Å². The van der Waals surface area contributed by atoms with E-state index in [0.717, 1.165) is 37.2 Å². The molecule has 1 aromatic heterocycles. The number of carboxylic acids is 1. The zero-order chi connectivity index (χ0) is 17.6. The molecule has 1 aliphatic rings. The molecule has 0 bridgehead atoms. The summed E-state index contributed by atoms with van der Waals surface area (Å²) in [5.41, 5.74) is 1.19. The van der Waals surface area contributed by atoms with Crippen molar-refractivity contribution in [1.29, 1.82) is 0 Å². The van der Waals surface area contributed by atoms with E-state index in [0.29, 0.717) is 6.04 Å². The van der Waals surface area contributed by atoms with E-state index in [4.69, 9.17) is 9.84 Å². The van der Waals surface area contributed by atoms with Crippen LogP contribution in [0.5, 0.6) is 11.5 Å². The van der Waals surface area contributed by atoms with Crippen molar-refractivity contribution in [3.05, 3.63) is 54.4 Å². The standard InChI is InChI=1S/C20H24N2O3/c1-14(22-17-8-4-16(5-9-17)20(23)24)15-6-10-18(11-7-15)25-19-3-2-12-21-13-19/h2-3,6-7,10-14,16-17,22H,4-5,8-9H2,1H3,(H,23,24). The maximum atomic E-state index is 11.0. The first-order chi connectivity index (χ1) is 12.1. The molecule has 0 radical (unpaired) electrons. The van der Waals surface area contributed by atoms with Crippen molar-refractivity contribution < 1.29 is 14.6 Å². The second kappa shape index (κ2) is 8.12. The van der Waals surface area contributed by atoms with Crippen LogP contribution in [0.15, 0.2) is 48.8 Å². The summed E-state index contributed by atoms with van der Waals surface area (Å²) in [5, 5.41) is 12.7. The van der Waals surface area contributed by atoms with E-state index in [1.807, 2.05) is 24.3 Å². The zero-order valence-electron chi connectivity index (χ0n) is 14.4. The minimum atomic E-state index is -0.657. The van der Waals surface area contributed by atoms with Crippen LogP contribution in [0.25, 0.3) is 0 Å². The molecule has 1 saturated carbocycles. The van der Waals surface area contributed by atoms with Gasteiger partial charge in [0.2, 0.25) is 0 Å². The third kappa shape index (κ3) is 4.79. The van der Waals surface area contributed by atoms with E-state index >= 15 is 0 Å². The van der Waals surface area contributed by atoms with Crippen LogP contribution >= 0.6 is 0 Å². The molecule has 1 unspecified atom stereocenters. The molecule has 1 aromatic carbocycles. The number of pyridine rings is 1. The predicted molar refractivity (Wildman–Crippen MR) is 95.7 cm³/mol. The Hall–Kier alpha value is -2.40. The molecular weight excluding hydrogens is 316 g/mol. The van der Waals surface area contributed by atoms with Crippen molar-refractivity contribution in [2.45, 2.75) is 44.7 Å². The van der Waals surface area contributed by atoms with Crippen LogP contribution in [0.1, 0.15) is 44.2 Å². The number of nitrogens with zero attached hydrogens (tertiary/aromatic N) is 1. The lowest BCUT2D eigenvalue weighted by Crippen LogP contribution is -2.36. The molecule has 0 aliphatic heterocycles. The van der Waals surface area contributed by atoms with E-state index in [-0.39, 0.29) is 12.0 Å². The number of carbonyl (C=O) groups is 1. The minimum Gasteiger partial charge on any atom is -0.481 e. The van der Waals surface area contributed by atoms with Crippen LogP contribution in [-0.4, -0.2) is 22.1 Å². The van der Waals surface area contributed by atoms with Crippen molar-refractivity contribution >= 4 is 5.97 Å². The number of benzene rings is 1. The van der Waals surface area contributed by atoms with Crippen molar-refractivity contribution in [3.8, 4) is 11.5 Å². The largest absolute Gasteiger partial charge is 0.481 e. The van der Waals surface area contributed by atoms with Gasteiger partial charge in [0.05, 0.1) is 12.1 Å². The fraction of sp³-hybridized carbons (Fsp3) is 0.400. The zero-order valence-corrected chi connectivity index (χ0v) is 14.4. The molecule has 1 atom stereocenters. The van der Waals surface area contributed by atoms with Gasteiger partial charge in [0.15, 0.2) is 0 Å². The van der Waals surface area contributed by atoms with Gasteiger partial charge < -0.3 is 15.2 Å². The fourth-order valence-corrected chi connectivity index (χ4v) is 3.32. The SMILES string of the molecule is CC(NC1CCC(C(=O)O)CC1)c1ccc(Oc2cccnc2)cc1. The molecule has 2 aromatic rings. The molecule has 5 heteroatoms. The molecular formula is C20H24N2O3. The van der Waals surface area contributed by atoms with Gasteiger partial charge in [-0.05, 0) is 62.4 Å². The molecule has 1 heterocycles. The van der Waals surface area contributed by atoms with Crippen LogP contribution in [0.4, 0.5) is 0 Å². The van der Waals surface area contributed by atoms with Gasteiger partial charge in [-0.3, -0.25) is 9.78 Å². The van der Waals surface area contributed by atoms with Gasteiger partial charge in [-0.15, -0.1) is 0 Å². The summed E-state index contributed by atoms with van der Waals surface area (Å²) in [6.07, 6.45) is 6.76.